The van der Waals surface area contributed by atoms with Crippen LogP contribution in [0.15, 0.2) is 53.4 Å². The fourth-order valence-electron chi connectivity index (χ4n) is 3.83. The third-order valence-corrected chi connectivity index (χ3v) is 7.60. The zero-order chi connectivity index (χ0) is 25.2. The van der Waals surface area contributed by atoms with Gasteiger partial charge >= 0.3 is 0 Å². The number of ether oxygens (including phenoxy) is 1. The van der Waals surface area contributed by atoms with Crippen LogP contribution in [0.3, 0.4) is 0 Å². The molecule has 2 amide bonds. The molecule has 1 aliphatic rings. The average Bonchev–Trinajstić information content (AvgIpc) is 2.86. The first-order valence-corrected chi connectivity index (χ1v) is 12.1. The first-order chi connectivity index (χ1) is 16.7. The number of aromatic nitrogens is 1. The molecule has 12 heteroatoms. The molecule has 0 atom stereocenters. The molecule has 0 radical (unpaired) electrons. The largest absolute Gasteiger partial charge is 0.496 e. The van der Waals surface area contributed by atoms with Crippen LogP contribution >= 0.6 is 0 Å². The van der Waals surface area contributed by atoms with Crippen molar-refractivity contribution in [1.82, 2.24) is 19.5 Å². The second-order valence-electron chi connectivity index (χ2n) is 7.74. The van der Waals surface area contributed by atoms with Crippen LogP contribution in [0.2, 0.25) is 0 Å². The number of methoxy groups -OCH3 is 1. The van der Waals surface area contributed by atoms with Gasteiger partial charge in [-0.3, -0.25) is 9.59 Å². The summed E-state index contributed by atoms with van der Waals surface area (Å²) < 4.78 is 59.5. The van der Waals surface area contributed by atoms with Crippen LogP contribution in [0, 0.1) is 11.6 Å². The Morgan fingerprint density at radius 2 is 1.66 bits per heavy atom. The van der Waals surface area contributed by atoms with Crippen molar-refractivity contribution in [3.8, 4) is 5.75 Å². The first-order valence-electron chi connectivity index (χ1n) is 10.7. The number of rotatable bonds is 6. The second kappa shape index (κ2) is 9.92. The fraction of sp³-hybridized carbons (Fsp3) is 0.261. The summed E-state index contributed by atoms with van der Waals surface area (Å²) in [6.45, 7) is -0.560. The van der Waals surface area contributed by atoms with E-state index >= 15 is 0 Å². The number of pyridine rings is 1. The van der Waals surface area contributed by atoms with Crippen molar-refractivity contribution in [2.24, 2.45) is 0 Å². The maximum Gasteiger partial charge on any atom is 0.270 e. The van der Waals surface area contributed by atoms with E-state index in [0.717, 1.165) is 27.9 Å². The van der Waals surface area contributed by atoms with Crippen molar-refractivity contribution in [3.05, 3.63) is 65.9 Å². The molecule has 1 N–H and O–H groups in total. The van der Waals surface area contributed by atoms with Gasteiger partial charge in [0.05, 0.1) is 19.2 Å². The van der Waals surface area contributed by atoms with Crippen LogP contribution in [0.1, 0.15) is 10.5 Å². The molecular formula is C23H22F2N4O5S. The van der Waals surface area contributed by atoms with Gasteiger partial charge in [0.2, 0.25) is 15.9 Å². The fourth-order valence-corrected chi connectivity index (χ4v) is 5.36. The molecule has 2 aromatic carbocycles. The Hall–Kier alpha value is -3.64. The number of hydrogen-bond donors (Lipinski definition) is 1. The first kappa shape index (κ1) is 24.5. The Labute approximate surface area is 200 Å². The lowest BCUT2D eigenvalue weighted by Crippen LogP contribution is -2.52. The van der Waals surface area contributed by atoms with E-state index in [1.165, 1.54) is 18.1 Å². The van der Waals surface area contributed by atoms with Gasteiger partial charge in [0.25, 0.3) is 5.91 Å². The number of hydrogen-bond acceptors (Lipinski definition) is 6. The van der Waals surface area contributed by atoms with Crippen molar-refractivity contribution < 1.29 is 31.5 Å². The minimum atomic E-state index is -4.40. The van der Waals surface area contributed by atoms with Crippen molar-refractivity contribution in [2.45, 2.75) is 4.90 Å². The zero-order valence-electron chi connectivity index (χ0n) is 18.7. The third-order valence-electron chi connectivity index (χ3n) is 5.65. The lowest BCUT2D eigenvalue weighted by molar-refractivity contribution is -0.131. The molecule has 9 nitrogen and oxygen atoms in total. The molecule has 0 bridgehead atoms. The number of amides is 2. The van der Waals surface area contributed by atoms with Crippen LogP contribution in [0.25, 0.3) is 10.9 Å². The van der Waals surface area contributed by atoms with Gasteiger partial charge in [-0.25, -0.2) is 22.2 Å². The number of nitrogens with one attached hydrogen (secondary N) is 1. The molecular weight excluding hydrogens is 482 g/mol. The molecule has 0 unspecified atom stereocenters. The minimum Gasteiger partial charge on any atom is -0.496 e. The van der Waals surface area contributed by atoms with Gasteiger partial charge in [-0.1, -0.05) is 12.1 Å². The maximum absolute atomic E-state index is 14.0. The van der Waals surface area contributed by atoms with E-state index in [0.29, 0.717) is 11.3 Å². The van der Waals surface area contributed by atoms with Crippen molar-refractivity contribution in [1.29, 1.82) is 0 Å². The average molecular weight is 505 g/mol. The van der Waals surface area contributed by atoms with Crippen LogP contribution in [-0.2, 0) is 14.8 Å². The van der Waals surface area contributed by atoms with E-state index in [1.54, 1.807) is 24.3 Å². The minimum absolute atomic E-state index is 0.0119. The number of carbonyl (C=O) groups is 2. The Morgan fingerprint density at radius 1 is 1.00 bits per heavy atom. The Morgan fingerprint density at radius 3 is 2.31 bits per heavy atom. The van der Waals surface area contributed by atoms with E-state index in [2.05, 4.69) is 10.3 Å². The number of fused-ring (bicyclic) bond motifs is 1. The summed E-state index contributed by atoms with van der Waals surface area (Å²) in [4.78, 5) is 29.7. The van der Waals surface area contributed by atoms with E-state index in [9.17, 15) is 26.8 Å². The normalized spacial score (nSPS) is 14.7. The van der Waals surface area contributed by atoms with Crippen LogP contribution in [0.4, 0.5) is 8.78 Å². The van der Waals surface area contributed by atoms with Crippen molar-refractivity contribution >= 4 is 32.7 Å². The van der Waals surface area contributed by atoms with E-state index < -0.39 is 38.4 Å². The highest BCUT2D eigenvalue weighted by atomic mass is 32.2. The molecule has 1 aliphatic heterocycles. The van der Waals surface area contributed by atoms with E-state index in [-0.39, 0.29) is 38.4 Å². The molecule has 35 heavy (non-hydrogen) atoms. The van der Waals surface area contributed by atoms with Gasteiger partial charge in [0, 0.05) is 31.6 Å². The number of sulfonamides is 1. The number of halogens is 2. The Kier molecular flexibility index (Phi) is 6.94. The van der Waals surface area contributed by atoms with Crippen molar-refractivity contribution in [3.63, 3.8) is 0 Å². The predicted molar refractivity (Wildman–Crippen MR) is 122 cm³/mol. The molecule has 2 heterocycles. The standard InChI is InChI=1S/C23H22F2N4O5S/c1-34-20-7-3-6-18-15(20)8-9-19(27-18)23(31)26-14-21(30)28-10-12-29(13-11-28)35(32,33)22-16(24)4-2-5-17(22)25/h2-9H,10-14H2,1H3,(H,26,31). The molecule has 3 aromatic rings. The molecule has 0 aliphatic carbocycles. The lowest BCUT2D eigenvalue weighted by Gasteiger charge is -2.34. The quantitative estimate of drug-likeness (QED) is 0.548. The van der Waals surface area contributed by atoms with Gasteiger partial charge in [-0.15, -0.1) is 0 Å². The van der Waals surface area contributed by atoms with Crippen LogP contribution < -0.4 is 10.1 Å². The zero-order valence-corrected chi connectivity index (χ0v) is 19.5. The lowest BCUT2D eigenvalue weighted by atomic mass is 10.2. The highest BCUT2D eigenvalue weighted by Crippen LogP contribution is 2.25. The van der Waals surface area contributed by atoms with Crippen molar-refractivity contribution in [2.75, 3.05) is 39.8 Å². The summed E-state index contributed by atoms with van der Waals surface area (Å²) in [5.41, 5.74) is 0.688. The topological polar surface area (TPSA) is 109 Å². The summed E-state index contributed by atoms with van der Waals surface area (Å²) in [5.74, 6) is -2.69. The highest BCUT2D eigenvalue weighted by molar-refractivity contribution is 7.89. The highest BCUT2D eigenvalue weighted by Gasteiger charge is 2.34. The summed E-state index contributed by atoms with van der Waals surface area (Å²) in [7, 11) is -2.86. The van der Waals surface area contributed by atoms with Crippen LogP contribution in [-0.4, -0.2) is 74.3 Å². The number of piperazine rings is 1. The van der Waals surface area contributed by atoms with E-state index in [4.69, 9.17) is 4.74 Å². The summed E-state index contributed by atoms with van der Waals surface area (Å²) in [6, 6.07) is 11.3. The van der Waals surface area contributed by atoms with E-state index in [1.807, 2.05) is 0 Å². The molecule has 184 valence electrons. The summed E-state index contributed by atoms with van der Waals surface area (Å²) in [5, 5.41) is 3.26. The molecule has 1 fully saturated rings. The maximum atomic E-state index is 14.0. The van der Waals surface area contributed by atoms with Gasteiger partial charge < -0.3 is 15.0 Å². The van der Waals surface area contributed by atoms with Gasteiger partial charge in [-0.2, -0.15) is 4.31 Å². The Bertz CT molecular complexity index is 1370. The predicted octanol–water partition coefficient (Wildman–Crippen LogP) is 1.78. The molecule has 0 spiro atoms. The second-order valence-corrected chi connectivity index (χ2v) is 9.62. The Balaban J connectivity index is 1.35. The number of carbonyl (C=O) groups excluding carboxylic acids is 2. The summed E-state index contributed by atoms with van der Waals surface area (Å²) in [6.07, 6.45) is 0. The van der Waals surface area contributed by atoms with Crippen LogP contribution in [0.5, 0.6) is 5.75 Å². The number of nitrogens with zero attached hydrogens (tertiary/aromatic N) is 3. The summed E-state index contributed by atoms with van der Waals surface area (Å²) >= 11 is 0. The van der Waals surface area contributed by atoms with Gasteiger partial charge in [0.1, 0.15) is 23.1 Å². The molecule has 1 aromatic heterocycles. The smallest absolute Gasteiger partial charge is 0.270 e. The molecule has 1 saturated heterocycles. The molecule has 0 saturated carbocycles. The van der Waals surface area contributed by atoms with Gasteiger partial charge in [-0.05, 0) is 36.4 Å². The monoisotopic (exact) mass is 504 g/mol. The number of benzene rings is 2. The third kappa shape index (κ3) is 4.93. The SMILES string of the molecule is COc1cccc2nc(C(=O)NCC(=O)N3CCN(S(=O)(=O)c4c(F)cccc4F)CC3)ccc12. The molecule has 4 rings (SSSR count). The van der Waals surface area contributed by atoms with Gasteiger partial charge in [0.15, 0.2) is 4.90 Å².